The van der Waals surface area contributed by atoms with Crippen molar-refractivity contribution in [2.24, 2.45) is 0 Å². The highest BCUT2D eigenvalue weighted by Crippen LogP contribution is 2.49. The highest BCUT2D eigenvalue weighted by Gasteiger charge is 2.47. The van der Waals surface area contributed by atoms with Crippen LogP contribution in [0.4, 0.5) is 19.1 Å². The molecule has 0 unspecified atom stereocenters. The van der Waals surface area contributed by atoms with Gasteiger partial charge in [0.2, 0.25) is 11.9 Å². The van der Waals surface area contributed by atoms with Crippen LogP contribution in [0.15, 0.2) is 18.5 Å². The fourth-order valence-corrected chi connectivity index (χ4v) is 4.15. The molecule has 1 atom stereocenters. The van der Waals surface area contributed by atoms with Crippen LogP contribution in [0, 0.1) is 5.82 Å². The van der Waals surface area contributed by atoms with Gasteiger partial charge in [-0.25, -0.2) is 32.6 Å². The molecule has 11 heteroatoms. The molecule has 4 heterocycles. The first-order chi connectivity index (χ1) is 14.9. The first kappa shape index (κ1) is 20.0. The van der Waals surface area contributed by atoms with Crippen LogP contribution in [0.3, 0.4) is 0 Å². The van der Waals surface area contributed by atoms with Crippen LogP contribution in [0.25, 0.3) is 17.0 Å². The number of halogens is 3. The Kier molecular flexibility index (Phi) is 4.92. The number of anilines is 1. The molecule has 8 nitrogen and oxygen atoms in total. The number of imidazole rings is 1. The van der Waals surface area contributed by atoms with E-state index in [2.05, 4.69) is 30.7 Å². The molecule has 1 aliphatic carbocycles. The van der Waals surface area contributed by atoms with E-state index in [4.69, 9.17) is 4.74 Å². The van der Waals surface area contributed by atoms with Gasteiger partial charge in [0.05, 0.1) is 19.5 Å². The van der Waals surface area contributed by atoms with Crippen LogP contribution in [-0.4, -0.2) is 56.7 Å². The summed E-state index contributed by atoms with van der Waals surface area (Å²) in [5.41, 5.74) is 1.16. The lowest BCUT2D eigenvalue weighted by Gasteiger charge is -2.34. The zero-order valence-corrected chi connectivity index (χ0v) is 16.9. The van der Waals surface area contributed by atoms with Crippen LogP contribution in [0.2, 0.25) is 0 Å². The smallest absolute Gasteiger partial charge is 0.249 e. The Morgan fingerprint density at radius 3 is 2.81 bits per heavy atom. The summed E-state index contributed by atoms with van der Waals surface area (Å²) in [6, 6.07) is 1.78. The van der Waals surface area contributed by atoms with Crippen molar-refractivity contribution in [3.8, 4) is 17.1 Å². The minimum absolute atomic E-state index is 0.0383. The number of piperidine rings is 1. The molecule has 0 amide bonds. The molecule has 1 saturated heterocycles. The van der Waals surface area contributed by atoms with Crippen LogP contribution >= 0.6 is 0 Å². The highest BCUT2D eigenvalue weighted by molar-refractivity contribution is 5.62. The van der Waals surface area contributed by atoms with E-state index in [-0.39, 0.29) is 24.6 Å². The van der Waals surface area contributed by atoms with Crippen LogP contribution < -0.4 is 15.4 Å². The van der Waals surface area contributed by atoms with Crippen molar-refractivity contribution in [1.29, 1.82) is 0 Å². The lowest BCUT2D eigenvalue weighted by Crippen LogP contribution is -2.38. The van der Waals surface area contributed by atoms with Crippen LogP contribution in [0.5, 0.6) is 5.75 Å². The van der Waals surface area contributed by atoms with Crippen molar-refractivity contribution in [3.05, 3.63) is 30.0 Å². The van der Waals surface area contributed by atoms with Gasteiger partial charge in [-0.15, -0.1) is 0 Å². The Morgan fingerprint density at radius 1 is 1.26 bits per heavy atom. The quantitative estimate of drug-likeness (QED) is 0.639. The third-order valence-electron chi connectivity index (χ3n) is 5.80. The topological polar surface area (TPSA) is 89.3 Å². The molecular formula is C20H22F3N7O. The lowest BCUT2D eigenvalue weighted by atomic mass is 9.79. The van der Waals surface area contributed by atoms with E-state index in [1.807, 2.05) is 0 Å². The van der Waals surface area contributed by atoms with Crippen LogP contribution in [0.1, 0.15) is 37.3 Å². The normalized spacial score (nSPS) is 21.1. The standard InChI is InChI=1S/C20H22F3N7O/c1-31-15-5-16-25-10-14(30(16)29-17(15)11-6-20(22,23)7-11)18-13(21)9-26-19(28-18)27-12-3-2-4-24-8-12/h5,9-12,24H,2-4,6-8H2,1H3,(H,26,27,28)/t12-/m1/s1. The van der Waals surface area contributed by atoms with E-state index in [1.165, 1.54) is 17.8 Å². The highest BCUT2D eigenvalue weighted by atomic mass is 19.3. The second kappa shape index (κ2) is 7.63. The molecule has 0 aromatic carbocycles. The number of hydrogen-bond donors (Lipinski definition) is 2. The fourth-order valence-electron chi connectivity index (χ4n) is 4.15. The number of methoxy groups -OCH3 is 1. The maximum atomic E-state index is 14.7. The average Bonchev–Trinajstić information content (AvgIpc) is 3.15. The molecule has 0 bridgehead atoms. The fraction of sp³-hybridized carbons (Fsp3) is 0.500. The van der Waals surface area contributed by atoms with Crippen molar-refractivity contribution in [3.63, 3.8) is 0 Å². The number of fused-ring (bicyclic) bond motifs is 1. The monoisotopic (exact) mass is 433 g/mol. The molecule has 5 rings (SSSR count). The maximum absolute atomic E-state index is 14.7. The maximum Gasteiger partial charge on any atom is 0.249 e. The summed E-state index contributed by atoms with van der Waals surface area (Å²) >= 11 is 0. The van der Waals surface area contributed by atoms with E-state index in [9.17, 15) is 13.2 Å². The Bertz CT molecular complexity index is 1110. The summed E-state index contributed by atoms with van der Waals surface area (Å²) < 4.78 is 48.3. The van der Waals surface area contributed by atoms with Crippen molar-refractivity contribution in [2.45, 2.75) is 43.6 Å². The largest absolute Gasteiger partial charge is 0.495 e. The summed E-state index contributed by atoms with van der Waals surface area (Å²) in [5.74, 6) is -3.05. The minimum Gasteiger partial charge on any atom is -0.495 e. The van der Waals surface area contributed by atoms with Crippen molar-refractivity contribution in [1.82, 2.24) is 29.9 Å². The van der Waals surface area contributed by atoms with Crippen molar-refractivity contribution >= 4 is 11.6 Å². The molecule has 0 radical (unpaired) electrons. The lowest BCUT2D eigenvalue weighted by molar-refractivity contribution is -0.0881. The van der Waals surface area contributed by atoms with Gasteiger partial charge in [-0.05, 0) is 19.4 Å². The van der Waals surface area contributed by atoms with E-state index < -0.39 is 17.7 Å². The van der Waals surface area contributed by atoms with E-state index >= 15 is 0 Å². The minimum atomic E-state index is -2.70. The number of nitrogens with zero attached hydrogens (tertiary/aromatic N) is 5. The molecule has 1 saturated carbocycles. The summed E-state index contributed by atoms with van der Waals surface area (Å²) in [5, 5.41) is 11.0. The summed E-state index contributed by atoms with van der Waals surface area (Å²) in [6.07, 6.45) is 3.98. The van der Waals surface area contributed by atoms with Crippen LogP contribution in [-0.2, 0) is 0 Å². The molecule has 164 valence electrons. The van der Waals surface area contributed by atoms with Gasteiger partial charge < -0.3 is 15.4 Å². The number of aromatic nitrogens is 5. The Morgan fingerprint density at radius 2 is 2.10 bits per heavy atom. The SMILES string of the molecule is COc1cc2ncc(-c3nc(N[C@@H]4CCCNC4)ncc3F)n2nc1C1CC(F)(F)C1. The first-order valence-electron chi connectivity index (χ1n) is 10.2. The number of rotatable bonds is 5. The molecule has 31 heavy (non-hydrogen) atoms. The van der Waals surface area contributed by atoms with Crippen molar-refractivity contribution in [2.75, 3.05) is 25.5 Å². The molecule has 2 aliphatic rings. The second-order valence-corrected chi connectivity index (χ2v) is 8.05. The number of alkyl halides is 2. The van der Waals surface area contributed by atoms with Gasteiger partial charge in [0.15, 0.2) is 11.5 Å². The molecule has 1 aliphatic heterocycles. The molecule has 3 aromatic rings. The third-order valence-corrected chi connectivity index (χ3v) is 5.80. The Hall–Kier alpha value is -2.95. The van der Waals surface area contributed by atoms with Gasteiger partial charge in [0.25, 0.3) is 0 Å². The Labute approximate surface area is 176 Å². The summed E-state index contributed by atoms with van der Waals surface area (Å²) in [4.78, 5) is 12.7. The van der Waals surface area contributed by atoms with Gasteiger partial charge in [0, 0.05) is 37.4 Å². The molecule has 2 N–H and O–H groups in total. The van der Waals surface area contributed by atoms with Gasteiger partial charge in [0.1, 0.15) is 22.8 Å². The van der Waals surface area contributed by atoms with E-state index in [1.54, 1.807) is 6.07 Å². The first-order valence-corrected chi connectivity index (χ1v) is 10.2. The second-order valence-electron chi connectivity index (χ2n) is 8.05. The zero-order valence-electron chi connectivity index (χ0n) is 16.9. The van der Waals surface area contributed by atoms with E-state index in [0.717, 1.165) is 32.1 Å². The van der Waals surface area contributed by atoms with Crippen molar-refractivity contribution < 1.29 is 17.9 Å². The van der Waals surface area contributed by atoms with E-state index in [0.29, 0.717) is 28.7 Å². The average molecular weight is 433 g/mol. The number of nitrogens with one attached hydrogen (secondary N) is 2. The van der Waals surface area contributed by atoms with Gasteiger partial charge in [-0.2, -0.15) is 5.10 Å². The summed E-state index contributed by atoms with van der Waals surface area (Å²) in [6.45, 7) is 1.75. The number of hydrogen-bond acceptors (Lipinski definition) is 7. The molecule has 0 spiro atoms. The predicted octanol–water partition coefficient (Wildman–Crippen LogP) is 3.01. The third kappa shape index (κ3) is 3.78. The molecule has 3 aromatic heterocycles. The molecule has 2 fully saturated rings. The van der Waals surface area contributed by atoms with Gasteiger partial charge >= 0.3 is 0 Å². The zero-order chi connectivity index (χ0) is 21.6. The van der Waals surface area contributed by atoms with Gasteiger partial charge in [-0.1, -0.05) is 0 Å². The predicted molar refractivity (Wildman–Crippen MR) is 107 cm³/mol. The van der Waals surface area contributed by atoms with Gasteiger partial charge in [-0.3, -0.25) is 0 Å². The number of ether oxygens (including phenoxy) is 1. The summed E-state index contributed by atoms with van der Waals surface area (Å²) in [7, 11) is 1.46. The molecular weight excluding hydrogens is 411 g/mol. The Balaban J connectivity index is 1.52.